The van der Waals surface area contributed by atoms with Gasteiger partial charge in [-0.1, -0.05) is 12.1 Å². The van der Waals surface area contributed by atoms with Crippen molar-refractivity contribution >= 4 is 16.6 Å². The Hall–Kier alpha value is -4.41. The van der Waals surface area contributed by atoms with Crippen LogP contribution in [0.2, 0.25) is 0 Å². The summed E-state index contributed by atoms with van der Waals surface area (Å²) < 4.78 is 50.1. The fourth-order valence-electron chi connectivity index (χ4n) is 3.27. The van der Waals surface area contributed by atoms with Gasteiger partial charge in [0, 0.05) is 11.6 Å². The molecule has 4 rings (SSSR count). The lowest BCUT2D eigenvalue weighted by Gasteiger charge is -2.14. The normalized spacial score (nSPS) is 11.4. The van der Waals surface area contributed by atoms with Gasteiger partial charge in [-0.15, -0.1) is 0 Å². The summed E-state index contributed by atoms with van der Waals surface area (Å²) in [5.41, 5.74) is -1.39. The molecule has 0 aliphatic heterocycles. The van der Waals surface area contributed by atoms with Crippen molar-refractivity contribution in [3.05, 3.63) is 86.7 Å². The van der Waals surface area contributed by atoms with E-state index in [0.717, 1.165) is 6.07 Å². The highest BCUT2D eigenvalue weighted by Gasteiger charge is 2.33. The highest BCUT2D eigenvalue weighted by Crippen LogP contribution is 2.41. The summed E-state index contributed by atoms with van der Waals surface area (Å²) in [6, 6.07) is 13.3. The monoisotopic (exact) mass is 471 g/mol. The molecule has 4 aromatic rings. The summed E-state index contributed by atoms with van der Waals surface area (Å²) in [6.45, 7) is 1.91. The molecular weight excluding hydrogens is 455 g/mol. The van der Waals surface area contributed by atoms with Gasteiger partial charge in [0.1, 0.15) is 5.82 Å². The number of nitro benzene ring substituents is 1. The third-order valence-corrected chi connectivity index (χ3v) is 4.83. The van der Waals surface area contributed by atoms with Gasteiger partial charge < -0.3 is 14.5 Å². The zero-order valence-corrected chi connectivity index (χ0v) is 17.6. The maximum atomic E-state index is 13.0. The third kappa shape index (κ3) is 4.53. The maximum Gasteiger partial charge on any atom is 0.416 e. The average Bonchev–Trinajstić information content (AvgIpc) is 2.79. The summed E-state index contributed by atoms with van der Waals surface area (Å²) in [5, 5.41) is 11.8. The van der Waals surface area contributed by atoms with Crippen LogP contribution in [0.3, 0.4) is 0 Å². The predicted octanol–water partition coefficient (Wildman–Crippen LogP) is 5.71. The minimum absolute atomic E-state index is 0.0385. The molecule has 1 aromatic heterocycles. The van der Waals surface area contributed by atoms with Crippen molar-refractivity contribution in [2.75, 3.05) is 6.61 Å². The Morgan fingerprint density at radius 3 is 2.47 bits per heavy atom. The van der Waals surface area contributed by atoms with Crippen LogP contribution in [0.5, 0.6) is 17.2 Å². The summed E-state index contributed by atoms with van der Waals surface area (Å²) in [5.74, 6) is 0.0715. The van der Waals surface area contributed by atoms with Crippen molar-refractivity contribution in [3.8, 4) is 28.6 Å². The molecule has 0 amide bonds. The first-order valence-electron chi connectivity index (χ1n) is 9.97. The molecule has 1 N–H and O–H groups in total. The Kier molecular flexibility index (Phi) is 5.93. The second-order valence-electron chi connectivity index (χ2n) is 7.07. The molecule has 0 fully saturated rings. The highest BCUT2D eigenvalue weighted by molar-refractivity contribution is 5.79. The first kappa shape index (κ1) is 22.8. The molecule has 0 aliphatic rings. The number of para-hydroxylation sites is 1. The van der Waals surface area contributed by atoms with E-state index in [9.17, 15) is 28.1 Å². The molecule has 0 radical (unpaired) electrons. The number of rotatable bonds is 6. The number of hydrogen-bond donors (Lipinski definition) is 1. The minimum atomic E-state index is -4.74. The van der Waals surface area contributed by atoms with Gasteiger partial charge in [-0.2, -0.15) is 13.2 Å². The quantitative estimate of drug-likeness (QED) is 0.285. The van der Waals surface area contributed by atoms with E-state index in [4.69, 9.17) is 9.47 Å². The molecule has 0 bridgehead atoms. The van der Waals surface area contributed by atoms with Crippen LogP contribution >= 0.6 is 0 Å². The van der Waals surface area contributed by atoms with Gasteiger partial charge in [-0.3, -0.25) is 14.9 Å². The van der Waals surface area contributed by atoms with Crippen molar-refractivity contribution in [1.29, 1.82) is 0 Å². The van der Waals surface area contributed by atoms with Gasteiger partial charge in [0.2, 0.25) is 5.75 Å². The first-order valence-corrected chi connectivity index (χ1v) is 9.97. The van der Waals surface area contributed by atoms with Gasteiger partial charge in [0.15, 0.2) is 11.5 Å². The molecule has 3 aromatic carbocycles. The van der Waals surface area contributed by atoms with Crippen molar-refractivity contribution in [1.82, 2.24) is 9.97 Å². The number of aromatic nitrogens is 2. The molecule has 34 heavy (non-hydrogen) atoms. The molecule has 8 nitrogen and oxygen atoms in total. The molecule has 0 spiro atoms. The fourth-order valence-corrected chi connectivity index (χ4v) is 3.27. The molecule has 174 valence electrons. The van der Waals surface area contributed by atoms with E-state index in [1.165, 1.54) is 12.1 Å². The second-order valence-corrected chi connectivity index (χ2v) is 7.07. The largest absolute Gasteiger partial charge is 0.490 e. The first-order chi connectivity index (χ1) is 16.2. The Morgan fingerprint density at radius 2 is 1.76 bits per heavy atom. The van der Waals surface area contributed by atoms with Crippen molar-refractivity contribution in [2.45, 2.75) is 13.1 Å². The number of hydrogen-bond acceptors (Lipinski definition) is 6. The third-order valence-electron chi connectivity index (χ3n) is 4.83. The second kappa shape index (κ2) is 8.85. The van der Waals surface area contributed by atoms with Crippen molar-refractivity contribution in [2.24, 2.45) is 0 Å². The Balaban J connectivity index is 1.75. The molecule has 0 saturated carbocycles. The number of aromatic amines is 1. The summed E-state index contributed by atoms with van der Waals surface area (Å²) in [4.78, 5) is 29.9. The number of nitro groups is 1. The summed E-state index contributed by atoms with van der Waals surface area (Å²) in [6.07, 6.45) is -4.74. The maximum absolute atomic E-state index is 13.0. The summed E-state index contributed by atoms with van der Waals surface area (Å²) in [7, 11) is 0. The van der Waals surface area contributed by atoms with E-state index in [1.807, 2.05) is 0 Å². The van der Waals surface area contributed by atoms with Gasteiger partial charge in [-0.05, 0) is 49.4 Å². The smallest absolute Gasteiger partial charge is 0.416 e. The number of ether oxygens (including phenoxy) is 2. The number of alkyl halides is 3. The van der Waals surface area contributed by atoms with Crippen LogP contribution in [0.15, 0.2) is 65.5 Å². The van der Waals surface area contributed by atoms with Gasteiger partial charge >= 0.3 is 11.9 Å². The topological polar surface area (TPSA) is 107 Å². The number of nitrogens with one attached hydrogen (secondary N) is 1. The van der Waals surface area contributed by atoms with E-state index < -0.39 is 22.4 Å². The number of fused-ring (bicyclic) bond motifs is 1. The molecule has 0 unspecified atom stereocenters. The SMILES string of the molecule is CCOc1cc(-c2nc3ccccc3c(=O)[nH]2)ccc1Oc1ccc(C(F)(F)F)cc1[N+](=O)[O-]. The lowest BCUT2D eigenvalue weighted by molar-refractivity contribution is -0.385. The van der Waals surface area contributed by atoms with E-state index >= 15 is 0 Å². The molecular formula is C23H16F3N3O5. The van der Waals surface area contributed by atoms with Crippen LogP contribution in [-0.4, -0.2) is 21.5 Å². The van der Waals surface area contributed by atoms with Crippen LogP contribution < -0.4 is 15.0 Å². The van der Waals surface area contributed by atoms with Gasteiger partial charge in [0.05, 0.1) is 28.0 Å². The molecule has 1 heterocycles. The molecule has 0 atom stereocenters. The predicted molar refractivity (Wildman–Crippen MR) is 117 cm³/mol. The highest BCUT2D eigenvalue weighted by atomic mass is 19.4. The van der Waals surface area contributed by atoms with E-state index in [-0.39, 0.29) is 35.2 Å². The van der Waals surface area contributed by atoms with Gasteiger partial charge in [0.25, 0.3) is 5.56 Å². The van der Waals surface area contributed by atoms with Crippen LogP contribution in [0.1, 0.15) is 12.5 Å². The lowest BCUT2D eigenvalue weighted by Crippen LogP contribution is -2.09. The van der Waals surface area contributed by atoms with E-state index in [2.05, 4.69) is 9.97 Å². The van der Waals surface area contributed by atoms with E-state index in [1.54, 1.807) is 37.3 Å². The Labute approximate surface area is 189 Å². The molecule has 11 heteroatoms. The van der Waals surface area contributed by atoms with Crippen LogP contribution in [0.25, 0.3) is 22.3 Å². The van der Waals surface area contributed by atoms with Gasteiger partial charge in [-0.25, -0.2) is 4.98 Å². The van der Waals surface area contributed by atoms with Crippen molar-refractivity contribution < 1.29 is 27.6 Å². The summed E-state index contributed by atoms with van der Waals surface area (Å²) >= 11 is 0. The van der Waals surface area contributed by atoms with Crippen LogP contribution in [0, 0.1) is 10.1 Å². The Morgan fingerprint density at radius 1 is 1.03 bits per heavy atom. The molecule has 0 saturated heterocycles. The minimum Gasteiger partial charge on any atom is -0.490 e. The molecule has 0 aliphatic carbocycles. The van der Waals surface area contributed by atoms with Crippen molar-refractivity contribution in [3.63, 3.8) is 0 Å². The number of nitrogens with zero attached hydrogens (tertiary/aromatic N) is 2. The fraction of sp³-hybridized carbons (Fsp3) is 0.130. The Bertz CT molecular complexity index is 1450. The van der Waals surface area contributed by atoms with Crippen LogP contribution in [-0.2, 0) is 6.18 Å². The number of halogens is 3. The lowest BCUT2D eigenvalue weighted by atomic mass is 10.1. The number of benzene rings is 3. The average molecular weight is 471 g/mol. The van der Waals surface area contributed by atoms with Crippen LogP contribution in [0.4, 0.5) is 18.9 Å². The number of H-pyrrole nitrogens is 1. The zero-order chi connectivity index (χ0) is 24.5. The zero-order valence-electron chi connectivity index (χ0n) is 17.6. The standard InChI is InChI=1S/C23H16F3N3O5/c1-2-33-20-11-13(21-27-16-6-4-3-5-15(16)22(30)28-21)7-9-19(20)34-18-10-8-14(23(24,25)26)12-17(18)29(31)32/h3-12H,2H2,1H3,(H,27,28,30). The van der Waals surface area contributed by atoms with E-state index in [0.29, 0.717) is 28.6 Å².